The van der Waals surface area contributed by atoms with Gasteiger partial charge in [0.25, 0.3) is 0 Å². The highest BCUT2D eigenvalue weighted by molar-refractivity contribution is 7.99. The summed E-state index contributed by atoms with van der Waals surface area (Å²) in [6.07, 6.45) is 2.22. The molecule has 5 nitrogen and oxygen atoms in total. The summed E-state index contributed by atoms with van der Waals surface area (Å²) < 4.78 is 0. The topological polar surface area (TPSA) is 78.4 Å². The fourth-order valence-electron chi connectivity index (χ4n) is 1.58. The Morgan fingerprint density at radius 2 is 1.95 bits per heavy atom. The van der Waals surface area contributed by atoms with Gasteiger partial charge in [-0.1, -0.05) is 37.3 Å². The van der Waals surface area contributed by atoms with Gasteiger partial charge in [-0.3, -0.25) is 0 Å². The van der Waals surface area contributed by atoms with Gasteiger partial charge in [0.2, 0.25) is 0 Å². The Morgan fingerprint density at radius 1 is 1.30 bits per heavy atom. The first-order chi connectivity index (χ1) is 9.52. The van der Waals surface area contributed by atoms with E-state index in [2.05, 4.69) is 10.6 Å². The van der Waals surface area contributed by atoms with Crippen LogP contribution in [0.2, 0.25) is 0 Å². The first kappa shape index (κ1) is 16.4. The lowest BCUT2D eigenvalue weighted by molar-refractivity contribution is -0.139. The Morgan fingerprint density at radius 3 is 2.50 bits per heavy atom. The lowest BCUT2D eigenvalue weighted by Crippen LogP contribution is -2.48. The molecule has 0 aromatic heterocycles. The molecule has 3 N–H and O–H groups in total. The third kappa shape index (κ3) is 5.97. The molecule has 1 aromatic rings. The van der Waals surface area contributed by atoms with E-state index in [0.717, 1.165) is 5.56 Å². The van der Waals surface area contributed by atoms with Crippen LogP contribution in [0.25, 0.3) is 0 Å². The number of carbonyl (C=O) groups is 2. The third-order valence-electron chi connectivity index (χ3n) is 2.84. The van der Waals surface area contributed by atoms with Crippen LogP contribution in [0, 0.1) is 0 Å². The summed E-state index contributed by atoms with van der Waals surface area (Å²) in [5.41, 5.74) is 0.873. The fourth-order valence-corrected chi connectivity index (χ4v) is 1.83. The van der Waals surface area contributed by atoms with Crippen molar-refractivity contribution in [3.8, 4) is 0 Å². The summed E-state index contributed by atoms with van der Waals surface area (Å²) in [6, 6.07) is 7.85. The van der Waals surface area contributed by atoms with E-state index in [9.17, 15) is 9.59 Å². The van der Waals surface area contributed by atoms with E-state index < -0.39 is 18.0 Å². The molecule has 6 heteroatoms. The van der Waals surface area contributed by atoms with Crippen LogP contribution in [-0.4, -0.2) is 41.2 Å². The van der Waals surface area contributed by atoms with Crippen LogP contribution in [0.1, 0.15) is 12.5 Å². The molecule has 0 fully saturated rings. The van der Waals surface area contributed by atoms with Crippen molar-refractivity contribution in [3.05, 3.63) is 35.9 Å². The Labute approximate surface area is 123 Å². The van der Waals surface area contributed by atoms with Crippen LogP contribution in [0.3, 0.4) is 0 Å². The monoisotopic (exact) mass is 296 g/mol. The summed E-state index contributed by atoms with van der Waals surface area (Å²) in [7, 11) is 0. The van der Waals surface area contributed by atoms with Crippen molar-refractivity contribution in [2.75, 3.05) is 12.8 Å². The Hall–Kier alpha value is -1.69. The van der Waals surface area contributed by atoms with E-state index >= 15 is 0 Å². The predicted molar refractivity (Wildman–Crippen MR) is 81.1 cm³/mol. The zero-order valence-corrected chi connectivity index (χ0v) is 12.4. The maximum Gasteiger partial charge on any atom is 0.326 e. The van der Waals surface area contributed by atoms with Crippen molar-refractivity contribution < 1.29 is 14.7 Å². The second-order valence-corrected chi connectivity index (χ2v) is 5.76. The summed E-state index contributed by atoms with van der Waals surface area (Å²) in [5.74, 6) is -1.04. The molecule has 0 aliphatic heterocycles. The molecule has 0 radical (unpaired) electrons. The molecule has 2 amide bonds. The van der Waals surface area contributed by atoms with Crippen molar-refractivity contribution in [3.63, 3.8) is 0 Å². The second kappa shape index (κ2) is 8.47. The minimum Gasteiger partial charge on any atom is -0.480 e. The zero-order valence-electron chi connectivity index (χ0n) is 11.6. The predicted octanol–water partition coefficient (Wildman–Crippen LogP) is 1.73. The number of urea groups is 1. The molecule has 20 heavy (non-hydrogen) atoms. The number of rotatable bonds is 7. The quantitative estimate of drug-likeness (QED) is 0.716. The molecule has 0 heterocycles. The van der Waals surface area contributed by atoms with E-state index in [1.165, 1.54) is 0 Å². The van der Waals surface area contributed by atoms with Crippen LogP contribution in [-0.2, 0) is 11.2 Å². The number of hydrogen-bond acceptors (Lipinski definition) is 3. The van der Waals surface area contributed by atoms with Gasteiger partial charge >= 0.3 is 12.0 Å². The molecule has 0 bridgehead atoms. The first-order valence-corrected chi connectivity index (χ1v) is 7.65. The minimum atomic E-state index is -1.04. The highest BCUT2D eigenvalue weighted by atomic mass is 32.2. The number of carboxylic acids is 1. The van der Waals surface area contributed by atoms with Crippen LogP contribution in [0.4, 0.5) is 4.79 Å². The van der Waals surface area contributed by atoms with E-state index in [1.54, 1.807) is 11.8 Å². The van der Waals surface area contributed by atoms with Crippen LogP contribution in [0.5, 0.6) is 0 Å². The number of nitrogens with one attached hydrogen (secondary N) is 2. The highest BCUT2D eigenvalue weighted by Gasteiger charge is 2.20. The Bertz CT molecular complexity index is 439. The number of carboxylic acid groups (broad SMARTS) is 1. The van der Waals surface area contributed by atoms with Gasteiger partial charge in [-0.25, -0.2) is 9.59 Å². The number of carbonyl (C=O) groups excluding carboxylic acids is 1. The van der Waals surface area contributed by atoms with Gasteiger partial charge in [0, 0.05) is 18.2 Å². The maximum atomic E-state index is 11.7. The molecule has 0 spiro atoms. The van der Waals surface area contributed by atoms with Gasteiger partial charge in [0.15, 0.2) is 0 Å². The largest absolute Gasteiger partial charge is 0.480 e. The van der Waals surface area contributed by atoms with Crippen LogP contribution < -0.4 is 10.6 Å². The molecule has 0 aliphatic carbocycles. The smallest absolute Gasteiger partial charge is 0.326 e. The lowest BCUT2D eigenvalue weighted by Gasteiger charge is -2.16. The lowest BCUT2D eigenvalue weighted by atomic mass is 10.1. The van der Waals surface area contributed by atoms with Crippen molar-refractivity contribution in [2.24, 2.45) is 0 Å². The van der Waals surface area contributed by atoms with Gasteiger partial charge in [-0.2, -0.15) is 11.8 Å². The van der Waals surface area contributed by atoms with E-state index in [1.807, 2.05) is 43.5 Å². The maximum absolute atomic E-state index is 11.7. The molecule has 110 valence electrons. The number of amides is 2. The zero-order chi connectivity index (χ0) is 15.0. The number of hydrogen-bond donors (Lipinski definition) is 3. The van der Waals surface area contributed by atoms with Gasteiger partial charge in [-0.15, -0.1) is 0 Å². The molecule has 0 saturated heterocycles. The van der Waals surface area contributed by atoms with E-state index in [4.69, 9.17) is 5.11 Å². The highest BCUT2D eigenvalue weighted by Crippen LogP contribution is 2.04. The number of benzene rings is 1. The number of thioether (sulfide) groups is 1. The second-order valence-electron chi connectivity index (χ2n) is 4.48. The van der Waals surface area contributed by atoms with Gasteiger partial charge < -0.3 is 15.7 Å². The van der Waals surface area contributed by atoms with Crippen molar-refractivity contribution in [1.82, 2.24) is 10.6 Å². The molecule has 2 atom stereocenters. The van der Waals surface area contributed by atoms with Crippen molar-refractivity contribution in [1.29, 1.82) is 0 Å². The van der Waals surface area contributed by atoms with Crippen molar-refractivity contribution in [2.45, 2.75) is 24.6 Å². The van der Waals surface area contributed by atoms with Crippen molar-refractivity contribution >= 4 is 23.8 Å². The van der Waals surface area contributed by atoms with Gasteiger partial charge in [0.05, 0.1) is 0 Å². The Balaban J connectivity index is 2.51. The Kier molecular flexibility index (Phi) is 6.93. The minimum absolute atomic E-state index is 0.266. The average molecular weight is 296 g/mol. The number of aliphatic carboxylic acids is 1. The van der Waals surface area contributed by atoms with E-state index in [-0.39, 0.29) is 11.7 Å². The molecule has 1 rings (SSSR count). The summed E-state index contributed by atoms with van der Waals surface area (Å²) in [4.78, 5) is 22.9. The summed E-state index contributed by atoms with van der Waals surface area (Å²) in [5, 5.41) is 14.6. The average Bonchev–Trinajstić information content (AvgIpc) is 2.45. The van der Waals surface area contributed by atoms with Crippen LogP contribution in [0.15, 0.2) is 30.3 Å². The molecule has 0 aliphatic rings. The molecular formula is C14H20N2O3S. The van der Waals surface area contributed by atoms with Crippen LogP contribution >= 0.6 is 11.8 Å². The normalized spacial score (nSPS) is 13.3. The van der Waals surface area contributed by atoms with E-state index in [0.29, 0.717) is 6.54 Å². The molecular weight excluding hydrogens is 276 g/mol. The van der Waals surface area contributed by atoms with Gasteiger partial charge in [0.1, 0.15) is 6.04 Å². The third-order valence-corrected chi connectivity index (χ3v) is 3.81. The molecule has 0 saturated carbocycles. The molecule has 1 unspecified atom stereocenters. The molecule has 1 aromatic carbocycles. The summed E-state index contributed by atoms with van der Waals surface area (Å²) >= 11 is 1.64. The summed E-state index contributed by atoms with van der Waals surface area (Å²) in [6.45, 7) is 2.49. The first-order valence-electron chi connectivity index (χ1n) is 6.36. The standard InChI is InChI=1S/C14H20N2O3S/c1-10(20-2)9-15-14(19)16-12(13(17)18)8-11-6-4-3-5-7-11/h3-7,10,12H,8-9H2,1-2H3,(H,17,18)(H2,15,16,19)/t10?,12-/m1/s1. The van der Waals surface area contributed by atoms with Gasteiger partial charge in [-0.05, 0) is 11.8 Å². The SMILES string of the molecule is CSC(C)CNC(=O)N[C@H](Cc1ccccc1)C(=O)O. The fraction of sp³-hybridized carbons (Fsp3) is 0.429.